The van der Waals surface area contributed by atoms with Gasteiger partial charge in [0.1, 0.15) is 0 Å². The highest BCUT2D eigenvalue weighted by atomic mass is 16.2. The fourth-order valence-electron chi connectivity index (χ4n) is 2.36. The summed E-state index contributed by atoms with van der Waals surface area (Å²) in [5.74, 6) is -0.663. The zero-order chi connectivity index (χ0) is 14.1. The Hall–Kier alpha value is -2.53. The van der Waals surface area contributed by atoms with Gasteiger partial charge in [-0.3, -0.25) is 19.5 Å². The molecule has 0 fully saturated rings. The summed E-state index contributed by atoms with van der Waals surface area (Å²) in [7, 11) is 0. The molecule has 20 heavy (non-hydrogen) atoms. The quantitative estimate of drug-likeness (QED) is 0.848. The molecular weight excluding hydrogens is 254 g/mol. The van der Waals surface area contributed by atoms with Crippen molar-refractivity contribution < 1.29 is 9.59 Å². The first-order valence-electron chi connectivity index (χ1n) is 6.30. The SMILES string of the molecule is NC(Cc1cccnc1)N1C(=O)c2ccccc2C1=O. The van der Waals surface area contributed by atoms with Gasteiger partial charge in [0.15, 0.2) is 0 Å². The van der Waals surface area contributed by atoms with E-state index >= 15 is 0 Å². The van der Waals surface area contributed by atoms with E-state index in [1.54, 1.807) is 42.7 Å². The molecule has 1 aromatic heterocycles. The van der Waals surface area contributed by atoms with Crippen molar-refractivity contribution in [2.24, 2.45) is 5.73 Å². The van der Waals surface area contributed by atoms with Crippen LogP contribution in [0.25, 0.3) is 0 Å². The van der Waals surface area contributed by atoms with E-state index in [1.165, 1.54) is 0 Å². The number of hydrogen-bond donors (Lipinski definition) is 1. The topological polar surface area (TPSA) is 76.3 Å². The lowest BCUT2D eigenvalue weighted by Gasteiger charge is -2.22. The number of amides is 2. The zero-order valence-electron chi connectivity index (χ0n) is 10.7. The van der Waals surface area contributed by atoms with Crippen molar-refractivity contribution in [2.75, 3.05) is 0 Å². The summed E-state index contributed by atoms with van der Waals surface area (Å²) in [5.41, 5.74) is 7.75. The molecule has 5 heteroatoms. The molecule has 2 amide bonds. The molecule has 2 heterocycles. The Labute approximate surface area is 116 Å². The van der Waals surface area contributed by atoms with Crippen molar-refractivity contribution in [3.8, 4) is 0 Å². The van der Waals surface area contributed by atoms with Crippen molar-refractivity contribution in [2.45, 2.75) is 12.6 Å². The highest BCUT2D eigenvalue weighted by Gasteiger charge is 2.38. The molecule has 1 atom stereocenters. The van der Waals surface area contributed by atoms with Crippen LogP contribution in [0.1, 0.15) is 26.3 Å². The Balaban J connectivity index is 1.85. The van der Waals surface area contributed by atoms with Gasteiger partial charge in [-0.15, -0.1) is 0 Å². The van der Waals surface area contributed by atoms with E-state index in [1.807, 2.05) is 6.07 Å². The smallest absolute Gasteiger partial charge is 0.262 e. The second-order valence-corrected chi connectivity index (χ2v) is 4.66. The van der Waals surface area contributed by atoms with E-state index in [0.29, 0.717) is 17.5 Å². The maximum Gasteiger partial charge on any atom is 0.262 e. The van der Waals surface area contributed by atoms with Crippen LogP contribution in [0.4, 0.5) is 0 Å². The minimum absolute atomic E-state index is 0.331. The van der Waals surface area contributed by atoms with E-state index in [4.69, 9.17) is 5.73 Å². The van der Waals surface area contributed by atoms with Crippen molar-refractivity contribution in [1.29, 1.82) is 0 Å². The molecular formula is C15H13N3O2. The van der Waals surface area contributed by atoms with Gasteiger partial charge in [0, 0.05) is 18.8 Å². The first kappa shape index (κ1) is 12.5. The van der Waals surface area contributed by atoms with Crippen LogP contribution in [-0.4, -0.2) is 27.9 Å². The maximum atomic E-state index is 12.2. The zero-order valence-corrected chi connectivity index (χ0v) is 10.7. The predicted octanol–water partition coefficient (Wildman–Crippen LogP) is 1.21. The number of rotatable bonds is 3. The van der Waals surface area contributed by atoms with E-state index in [0.717, 1.165) is 10.5 Å². The van der Waals surface area contributed by atoms with Crippen LogP contribution in [0.3, 0.4) is 0 Å². The lowest BCUT2D eigenvalue weighted by molar-refractivity contribution is 0.0588. The Morgan fingerprint density at radius 3 is 2.25 bits per heavy atom. The minimum atomic E-state index is -0.688. The summed E-state index contributed by atoms with van der Waals surface area (Å²) in [6, 6.07) is 10.4. The first-order chi connectivity index (χ1) is 9.68. The Kier molecular flexibility index (Phi) is 3.04. The van der Waals surface area contributed by atoms with Gasteiger partial charge in [-0.1, -0.05) is 18.2 Å². The third-order valence-corrected chi connectivity index (χ3v) is 3.32. The molecule has 1 aromatic carbocycles. The van der Waals surface area contributed by atoms with Crippen LogP contribution >= 0.6 is 0 Å². The molecule has 1 aliphatic heterocycles. The summed E-state index contributed by atoms with van der Waals surface area (Å²) in [6.45, 7) is 0. The molecule has 3 rings (SSSR count). The summed E-state index contributed by atoms with van der Waals surface area (Å²) >= 11 is 0. The molecule has 2 aromatic rings. The van der Waals surface area contributed by atoms with Crippen molar-refractivity contribution in [3.05, 3.63) is 65.5 Å². The minimum Gasteiger partial charge on any atom is -0.311 e. The molecule has 0 bridgehead atoms. The molecule has 100 valence electrons. The third-order valence-electron chi connectivity index (χ3n) is 3.32. The lowest BCUT2D eigenvalue weighted by atomic mass is 10.1. The Bertz CT molecular complexity index is 635. The fourth-order valence-corrected chi connectivity index (χ4v) is 2.36. The first-order valence-corrected chi connectivity index (χ1v) is 6.30. The molecule has 1 unspecified atom stereocenters. The number of carbonyl (C=O) groups excluding carboxylic acids is 2. The second-order valence-electron chi connectivity index (χ2n) is 4.66. The van der Waals surface area contributed by atoms with Crippen LogP contribution < -0.4 is 5.73 Å². The maximum absolute atomic E-state index is 12.2. The van der Waals surface area contributed by atoms with E-state index in [-0.39, 0.29) is 11.8 Å². The summed E-state index contributed by atoms with van der Waals surface area (Å²) in [4.78, 5) is 29.6. The fraction of sp³-hybridized carbons (Fsp3) is 0.133. The van der Waals surface area contributed by atoms with E-state index in [2.05, 4.69) is 4.98 Å². The molecule has 0 saturated carbocycles. The van der Waals surface area contributed by atoms with E-state index in [9.17, 15) is 9.59 Å². The molecule has 2 N–H and O–H groups in total. The average Bonchev–Trinajstić information content (AvgIpc) is 2.72. The van der Waals surface area contributed by atoms with Gasteiger partial charge in [0.2, 0.25) is 0 Å². The van der Waals surface area contributed by atoms with Crippen molar-refractivity contribution in [1.82, 2.24) is 9.88 Å². The molecule has 0 spiro atoms. The van der Waals surface area contributed by atoms with Crippen LogP contribution in [0.2, 0.25) is 0 Å². The van der Waals surface area contributed by atoms with Gasteiger partial charge in [-0.25, -0.2) is 0 Å². The van der Waals surface area contributed by atoms with Gasteiger partial charge in [0.25, 0.3) is 11.8 Å². The summed E-state index contributed by atoms with van der Waals surface area (Å²) in [5, 5.41) is 0. The van der Waals surface area contributed by atoms with Gasteiger partial charge in [-0.05, 0) is 23.8 Å². The monoisotopic (exact) mass is 267 g/mol. The van der Waals surface area contributed by atoms with Gasteiger partial charge in [-0.2, -0.15) is 0 Å². The lowest BCUT2D eigenvalue weighted by Crippen LogP contribution is -2.46. The second kappa shape index (κ2) is 4.86. The number of hydrogen-bond acceptors (Lipinski definition) is 4. The summed E-state index contributed by atoms with van der Waals surface area (Å²) < 4.78 is 0. The number of aromatic nitrogens is 1. The van der Waals surface area contributed by atoms with Gasteiger partial charge < -0.3 is 5.73 Å². The van der Waals surface area contributed by atoms with Crippen LogP contribution in [0, 0.1) is 0 Å². The Morgan fingerprint density at radius 1 is 1.05 bits per heavy atom. The van der Waals surface area contributed by atoms with Crippen LogP contribution in [0.15, 0.2) is 48.8 Å². The molecule has 5 nitrogen and oxygen atoms in total. The van der Waals surface area contributed by atoms with Crippen LogP contribution in [0.5, 0.6) is 0 Å². The third kappa shape index (κ3) is 1.98. The molecule has 0 radical (unpaired) electrons. The van der Waals surface area contributed by atoms with Gasteiger partial charge >= 0.3 is 0 Å². The number of fused-ring (bicyclic) bond motifs is 1. The van der Waals surface area contributed by atoms with Gasteiger partial charge in [0.05, 0.1) is 17.3 Å². The van der Waals surface area contributed by atoms with Crippen LogP contribution in [-0.2, 0) is 6.42 Å². The molecule has 0 aliphatic carbocycles. The van der Waals surface area contributed by atoms with Crippen molar-refractivity contribution >= 4 is 11.8 Å². The predicted molar refractivity (Wildman–Crippen MR) is 72.9 cm³/mol. The number of nitrogens with zero attached hydrogens (tertiary/aromatic N) is 2. The molecule has 0 saturated heterocycles. The number of pyridine rings is 1. The van der Waals surface area contributed by atoms with Crippen molar-refractivity contribution in [3.63, 3.8) is 0 Å². The number of imide groups is 1. The largest absolute Gasteiger partial charge is 0.311 e. The summed E-state index contributed by atoms with van der Waals surface area (Å²) in [6.07, 6.45) is 3.04. The Morgan fingerprint density at radius 2 is 1.70 bits per heavy atom. The molecule has 1 aliphatic rings. The standard InChI is InChI=1S/C15H13N3O2/c16-13(8-10-4-3-7-17-9-10)18-14(19)11-5-1-2-6-12(11)15(18)20/h1-7,9,13H,8,16H2. The van der Waals surface area contributed by atoms with E-state index < -0.39 is 6.17 Å². The number of carbonyl (C=O) groups is 2. The normalized spacial score (nSPS) is 15.3. The highest BCUT2D eigenvalue weighted by Crippen LogP contribution is 2.24. The number of nitrogens with two attached hydrogens (primary N) is 1. The number of benzene rings is 1. The average molecular weight is 267 g/mol. The highest BCUT2D eigenvalue weighted by molar-refractivity contribution is 6.21.